The molecule has 0 aliphatic heterocycles. The number of carbonyl (C=O) groups excluding carboxylic acids is 1. The maximum atomic E-state index is 10.7. The summed E-state index contributed by atoms with van der Waals surface area (Å²) in [5.74, 6) is -5.01. The first-order valence-corrected chi connectivity index (χ1v) is 2.55. The summed E-state index contributed by atoms with van der Waals surface area (Å²) >= 11 is 0. The van der Waals surface area contributed by atoms with Crippen molar-refractivity contribution in [1.82, 2.24) is 0 Å². The molecule has 1 amide bonds. The second kappa shape index (κ2) is 4.67. The summed E-state index contributed by atoms with van der Waals surface area (Å²) in [5, 5.41) is 7.12. The summed E-state index contributed by atoms with van der Waals surface area (Å²) in [6.07, 6.45) is -9.94. The number of carbonyl (C=O) groups is 2. The van der Waals surface area contributed by atoms with E-state index in [1.54, 1.807) is 0 Å². The van der Waals surface area contributed by atoms with E-state index in [-0.39, 0.29) is 0 Å². The summed E-state index contributed by atoms with van der Waals surface area (Å²) in [6, 6.07) is 0. The monoisotopic (exact) mass is 227 g/mol. The van der Waals surface area contributed by atoms with Crippen LogP contribution in [0.3, 0.4) is 0 Å². The Morgan fingerprint density at radius 3 is 1.07 bits per heavy atom. The van der Waals surface area contributed by atoms with Crippen LogP contribution in [0.1, 0.15) is 0 Å². The number of rotatable bonds is 0. The largest absolute Gasteiger partial charge is 0.490 e. The SMILES string of the molecule is NC(=O)C(F)(F)F.O=C(O)C(F)(F)F. The maximum Gasteiger partial charge on any atom is 0.490 e. The fourth-order valence-electron chi connectivity index (χ4n) is 0. The lowest BCUT2D eigenvalue weighted by Gasteiger charge is -1.95. The molecule has 3 N–H and O–H groups in total. The fraction of sp³-hybridized carbons (Fsp3) is 0.500. The average Bonchev–Trinajstić information content (AvgIpc) is 1.83. The molecule has 0 spiro atoms. The summed E-state index contributed by atoms with van der Waals surface area (Å²) < 4.78 is 63.8. The number of carboxylic acids is 1. The van der Waals surface area contributed by atoms with Gasteiger partial charge in [0.2, 0.25) is 0 Å². The lowest BCUT2D eigenvalue weighted by molar-refractivity contribution is -0.192. The van der Waals surface area contributed by atoms with Crippen LogP contribution in [-0.2, 0) is 9.59 Å². The smallest absolute Gasteiger partial charge is 0.475 e. The lowest BCUT2D eigenvalue weighted by Crippen LogP contribution is -2.30. The highest BCUT2D eigenvalue weighted by Gasteiger charge is 2.38. The van der Waals surface area contributed by atoms with Gasteiger partial charge >= 0.3 is 24.2 Å². The van der Waals surface area contributed by atoms with E-state index in [4.69, 9.17) is 14.7 Å². The van der Waals surface area contributed by atoms with Crippen molar-refractivity contribution < 1.29 is 41.0 Å². The lowest BCUT2D eigenvalue weighted by atomic mass is 10.6. The third kappa shape index (κ3) is 8.62. The van der Waals surface area contributed by atoms with E-state index >= 15 is 0 Å². The summed E-state index contributed by atoms with van der Waals surface area (Å²) in [7, 11) is 0. The van der Waals surface area contributed by atoms with Gasteiger partial charge in [-0.3, -0.25) is 4.79 Å². The minimum Gasteiger partial charge on any atom is -0.475 e. The molecule has 0 aromatic heterocycles. The Morgan fingerprint density at radius 1 is 0.929 bits per heavy atom. The minimum absolute atomic E-state index is 2.26. The quantitative estimate of drug-likeness (QED) is 0.596. The number of aliphatic carboxylic acids is 1. The highest BCUT2D eigenvalue weighted by Crippen LogP contribution is 2.13. The van der Waals surface area contributed by atoms with E-state index in [0.29, 0.717) is 0 Å². The first kappa shape index (κ1) is 15.0. The molecule has 0 bridgehead atoms. The number of amides is 1. The van der Waals surface area contributed by atoms with Crippen molar-refractivity contribution in [1.29, 1.82) is 0 Å². The van der Waals surface area contributed by atoms with Crippen LogP contribution in [0.25, 0.3) is 0 Å². The Balaban J connectivity index is 0. The van der Waals surface area contributed by atoms with Crippen molar-refractivity contribution in [3.8, 4) is 0 Å². The number of alkyl halides is 6. The normalized spacial score (nSPS) is 11.3. The first-order valence-electron chi connectivity index (χ1n) is 2.55. The van der Waals surface area contributed by atoms with Crippen LogP contribution < -0.4 is 5.73 Å². The zero-order valence-electron chi connectivity index (χ0n) is 6.11. The minimum atomic E-state index is -5.08. The predicted octanol–water partition coefficient (Wildman–Crippen LogP) is 0.667. The van der Waals surface area contributed by atoms with Gasteiger partial charge in [-0.15, -0.1) is 0 Å². The molecule has 10 heteroatoms. The van der Waals surface area contributed by atoms with Gasteiger partial charge in [0.25, 0.3) is 0 Å². The molecule has 84 valence electrons. The molecular weight excluding hydrogens is 224 g/mol. The Bertz CT molecular complexity index is 194. The molecule has 0 saturated carbocycles. The molecule has 0 atom stereocenters. The Kier molecular flexibility index (Phi) is 5.01. The maximum absolute atomic E-state index is 10.7. The van der Waals surface area contributed by atoms with E-state index < -0.39 is 24.2 Å². The topological polar surface area (TPSA) is 80.4 Å². The van der Waals surface area contributed by atoms with E-state index in [2.05, 4.69) is 5.73 Å². The van der Waals surface area contributed by atoms with Gasteiger partial charge in [0, 0.05) is 0 Å². The number of nitrogens with two attached hydrogens (primary N) is 1. The van der Waals surface area contributed by atoms with Crippen molar-refractivity contribution in [3.63, 3.8) is 0 Å². The van der Waals surface area contributed by atoms with Crippen LogP contribution in [0.2, 0.25) is 0 Å². The van der Waals surface area contributed by atoms with Crippen molar-refractivity contribution in [3.05, 3.63) is 0 Å². The second-order valence-corrected chi connectivity index (χ2v) is 1.66. The number of halogens is 6. The first-order chi connectivity index (χ1) is 5.89. The highest BCUT2D eigenvalue weighted by molar-refractivity contribution is 5.79. The summed E-state index contributed by atoms with van der Waals surface area (Å²) in [4.78, 5) is 18.0. The van der Waals surface area contributed by atoms with Crippen LogP contribution in [0.5, 0.6) is 0 Å². The van der Waals surface area contributed by atoms with E-state index in [1.807, 2.05) is 0 Å². The molecule has 0 aliphatic carbocycles. The van der Waals surface area contributed by atoms with Gasteiger partial charge in [0.15, 0.2) is 0 Å². The average molecular weight is 227 g/mol. The zero-order valence-corrected chi connectivity index (χ0v) is 6.11. The fourth-order valence-corrected chi connectivity index (χ4v) is 0. The third-order valence-corrected chi connectivity index (χ3v) is 0.522. The van der Waals surface area contributed by atoms with Crippen LogP contribution in [0, 0.1) is 0 Å². The molecule has 4 nitrogen and oxygen atoms in total. The number of primary amides is 1. The molecule has 0 unspecified atom stereocenters. The van der Waals surface area contributed by atoms with Crippen LogP contribution in [0.15, 0.2) is 0 Å². The van der Waals surface area contributed by atoms with E-state index in [0.717, 1.165) is 0 Å². The number of hydrogen-bond acceptors (Lipinski definition) is 2. The predicted molar refractivity (Wildman–Crippen MR) is 28.9 cm³/mol. The van der Waals surface area contributed by atoms with E-state index in [1.165, 1.54) is 0 Å². The van der Waals surface area contributed by atoms with Crippen molar-refractivity contribution in [2.75, 3.05) is 0 Å². The van der Waals surface area contributed by atoms with Gasteiger partial charge in [0.05, 0.1) is 0 Å². The van der Waals surface area contributed by atoms with Crippen LogP contribution in [-0.4, -0.2) is 29.3 Å². The van der Waals surface area contributed by atoms with Gasteiger partial charge < -0.3 is 10.8 Å². The van der Waals surface area contributed by atoms with Gasteiger partial charge in [-0.05, 0) is 0 Å². The molecule has 0 heterocycles. The van der Waals surface area contributed by atoms with Crippen molar-refractivity contribution >= 4 is 11.9 Å². The Morgan fingerprint density at radius 2 is 1.07 bits per heavy atom. The van der Waals surface area contributed by atoms with Crippen LogP contribution >= 0.6 is 0 Å². The molecule has 0 aliphatic rings. The van der Waals surface area contributed by atoms with Gasteiger partial charge in [-0.2, -0.15) is 26.3 Å². The van der Waals surface area contributed by atoms with Crippen LogP contribution in [0.4, 0.5) is 26.3 Å². The number of carboxylic acid groups (broad SMARTS) is 1. The van der Waals surface area contributed by atoms with Gasteiger partial charge in [0.1, 0.15) is 0 Å². The summed E-state index contributed by atoms with van der Waals surface area (Å²) in [6.45, 7) is 0. The van der Waals surface area contributed by atoms with Gasteiger partial charge in [-0.1, -0.05) is 0 Å². The highest BCUT2D eigenvalue weighted by atomic mass is 19.4. The Hall–Kier alpha value is -1.48. The van der Waals surface area contributed by atoms with Crippen molar-refractivity contribution in [2.24, 2.45) is 5.73 Å². The molecule has 0 saturated heterocycles. The second-order valence-electron chi connectivity index (χ2n) is 1.66. The molecule has 0 aromatic rings. The Labute approximate surface area is 72.3 Å². The number of hydrogen-bond donors (Lipinski definition) is 2. The third-order valence-electron chi connectivity index (χ3n) is 0.522. The van der Waals surface area contributed by atoms with Crippen molar-refractivity contribution in [2.45, 2.75) is 12.4 Å². The van der Waals surface area contributed by atoms with Gasteiger partial charge in [-0.25, -0.2) is 4.79 Å². The molecule has 0 aromatic carbocycles. The molecule has 0 rings (SSSR count). The molecule has 0 radical (unpaired) electrons. The molecule has 14 heavy (non-hydrogen) atoms. The standard InChI is InChI=1S/C2H2F3NO.C2HF3O2/c2*3-2(4,5)1(6)7/h(H2,6,7);(H,6,7). The summed E-state index contributed by atoms with van der Waals surface area (Å²) in [5.41, 5.74) is 3.81. The molecule has 0 fully saturated rings. The van der Waals surface area contributed by atoms with E-state index in [9.17, 15) is 26.3 Å². The molecular formula is C4H3F6NO3. The zero-order chi connectivity index (χ0) is 12.2.